The van der Waals surface area contributed by atoms with E-state index in [1.54, 1.807) is 6.08 Å². The topological polar surface area (TPSA) is 117 Å². The molecule has 112 valence electrons. The lowest BCUT2D eigenvalue weighted by molar-refractivity contribution is 0.0308. The molecule has 0 aliphatic heterocycles. The van der Waals surface area contributed by atoms with Gasteiger partial charge in [-0.2, -0.15) is 4.39 Å². The Morgan fingerprint density at radius 3 is 2.86 bits per heavy atom. The number of rotatable bonds is 3. The van der Waals surface area contributed by atoms with Gasteiger partial charge in [-0.25, -0.2) is 9.97 Å². The third-order valence-corrected chi connectivity index (χ3v) is 3.72. The minimum absolute atomic E-state index is 0.0312. The van der Waals surface area contributed by atoms with Crippen molar-refractivity contribution in [3.8, 4) is 0 Å². The van der Waals surface area contributed by atoms with E-state index in [-0.39, 0.29) is 18.8 Å². The van der Waals surface area contributed by atoms with Crippen LogP contribution in [0.5, 0.6) is 0 Å². The molecule has 1 aliphatic carbocycles. The number of nitrogen functional groups attached to an aromatic ring is 1. The van der Waals surface area contributed by atoms with Crippen molar-refractivity contribution in [1.29, 1.82) is 0 Å². The van der Waals surface area contributed by atoms with Crippen molar-refractivity contribution < 1.29 is 19.7 Å². The number of nitrogens with two attached hydrogens (primary N) is 1. The van der Waals surface area contributed by atoms with Gasteiger partial charge in [-0.3, -0.25) is 0 Å². The van der Waals surface area contributed by atoms with Crippen LogP contribution in [0.1, 0.15) is 12.5 Å². The van der Waals surface area contributed by atoms with Gasteiger partial charge in [-0.05, 0) is 12.0 Å². The molecule has 1 aliphatic rings. The van der Waals surface area contributed by atoms with Crippen LogP contribution in [-0.2, 0) is 0 Å². The third-order valence-electron chi connectivity index (χ3n) is 3.72. The highest BCUT2D eigenvalue weighted by Crippen LogP contribution is 2.33. The summed E-state index contributed by atoms with van der Waals surface area (Å²) in [5, 5.41) is 29.1. The van der Waals surface area contributed by atoms with Crippen LogP contribution in [0.15, 0.2) is 24.0 Å². The molecule has 3 atom stereocenters. The number of hydrogen-bond acceptors (Lipinski definition) is 6. The van der Waals surface area contributed by atoms with Crippen molar-refractivity contribution in [2.24, 2.45) is 0 Å². The highest BCUT2D eigenvalue weighted by molar-refractivity contribution is 5.84. The Kier molecular flexibility index (Phi) is 3.36. The molecule has 0 aromatic carbocycles. The number of fused-ring (bicyclic) bond motifs is 1. The van der Waals surface area contributed by atoms with E-state index >= 15 is 0 Å². The minimum atomic E-state index is -1.10. The lowest BCUT2D eigenvalue weighted by Crippen LogP contribution is -2.29. The lowest BCUT2D eigenvalue weighted by atomic mass is 10.1. The maximum Gasteiger partial charge on any atom is 0.217 e. The maximum atomic E-state index is 13.4. The van der Waals surface area contributed by atoms with Gasteiger partial charge < -0.3 is 25.6 Å². The molecule has 2 aromatic rings. The molecule has 0 saturated heterocycles. The van der Waals surface area contributed by atoms with E-state index in [4.69, 9.17) is 10.8 Å². The van der Waals surface area contributed by atoms with Gasteiger partial charge in [0.15, 0.2) is 5.82 Å². The number of pyridine rings is 1. The highest BCUT2D eigenvalue weighted by Gasteiger charge is 2.36. The Hall–Kier alpha value is -2.03. The minimum Gasteiger partial charge on any atom is -0.396 e. The van der Waals surface area contributed by atoms with E-state index in [0.29, 0.717) is 16.6 Å². The molecule has 0 saturated carbocycles. The van der Waals surface area contributed by atoms with Crippen LogP contribution in [-0.4, -0.2) is 48.7 Å². The zero-order chi connectivity index (χ0) is 15.1. The van der Waals surface area contributed by atoms with Gasteiger partial charge in [0.1, 0.15) is 17.7 Å². The predicted octanol–water partition coefficient (Wildman–Crippen LogP) is -0.262. The van der Waals surface area contributed by atoms with Gasteiger partial charge >= 0.3 is 0 Å². The van der Waals surface area contributed by atoms with Crippen LogP contribution in [0.2, 0.25) is 0 Å². The van der Waals surface area contributed by atoms with E-state index in [2.05, 4.69) is 9.97 Å². The van der Waals surface area contributed by atoms with Crippen molar-refractivity contribution in [3.63, 3.8) is 0 Å². The lowest BCUT2D eigenvalue weighted by Gasteiger charge is -2.19. The standard InChI is InChI=1S/C13H15FN4O3/c14-9-4-7-10(13(15)17-9)16-5-18(7)8-3-6(1-2-19)11(20)12(8)21/h3-5,8,11-12,19-21H,1-2H2,(H2,15,17)/t8-,11-,12+/m1/s1. The van der Waals surface area contributed by atoms with Gasteiger partial charge in [-0.1, -0.05) is 6.08 Å². The van der Waals surface area contributed by atoms with Gasteiger partial charge in [0, 0.05) is 12.7 Å². The number of hydrogen-bond donors (Lipinski definition) is 4. The molecule has 0 radical (unpaired) electrons. The van der Waals surface area contributed by atoms with E-state index in [1.165, 1.54) is 17.0 Å². The number of nitrogens with zero attached hydrogens (tertiary/aromatic N) is 3. The van der Waals surface area contributed by atoms with Crippen LogP contribution in [0.25, 0.3) is 11.0 Å². The van der Waals surface area contributed by atoms with Gasteiger partial charge in [0.25, 0.3) is 0 Å². The summed E-state index contributed by atoms with van der Waals surface area (Å²) in [6, 6.07) is 0.572. The first-order chi connectivity index (χ1) is 10.0. The molecular formula is C13H15FN4O3. The summed E-state index contributed by atoms with van der Waals surface area (Å²) in [6.07, 6.45) is 1.17. The Bertz CT molecular complexity index is 715. The van der Waals surface area contributed by atoms with E-state index in [9.17, 15) is 14.6 Å². The Morgan fingerprint density at radius 1 is 1.38 bits per heavy atom. The van der Waals surface area contributed by atoms with E-state index in [1.807, 2.05) is 0 Å². The van der Waals surface area contributed by atoms with Crippen LogP contribution >= 0.6 is 0 Å². The van der Waals surface area contributed by atoms with E-state index in [0.717, 1.165) is 0 Å². The molecule has 2 heterocycles. The number of aliphatic hydroxyl groups is 3. The highest BCUT2D eigenvalue weighted by atomic mass is 19.1. The molecule has 0 fully saturated rings. The number of aliphatic hydroxyl groups excluding tert-OH is 3. The Labute approximate surface area is 119 Å². The zero-order valence-corrected chi connectivity index (χ0v) is 11.0. The summed E-state index contributed by atoms with van der Waals surface area (Å²) in [7, 11) is 0. The fourth-order valence-electron chi connectivity index (χ4n) is 2.69. The first-order valence-corrected chi connectivity index (χ1v) is 6.49. The first kappa shape index (κ1) is 13.9. The second-order valence-electron chi connectivity index (χ2n) is 4.99. The van der Waals surface area contributed by atoms with Gasteiger partial charge in [0.2, 0.25) is 5.95 Å². The normalized spacial score (nSPS) is 25.5. The molecule has 2 aromatic heterocycles. The van der Waals surface area contributed by atoms with Crippen LogP contribution in [0, 0.1) is 5.95 Å². The van der Waals surface area contributed by atoms with Crippen molar-refractivity contribution in [1.82, 2.24) is 14.5 Å². The second-order valence-corrected chi connectivity index (χ2v) is 4.99. The molecule has 21 heavy (non-hydrogen) atoms. The summed E-state index contributed by atoms with van der Waals surface area (Å²) in [5.74, 6) is -0.773. The molecule has 0 amide bonds. The molecule has 7 nitrogen and oxygen atoms in total. The van der Waals surface area contributed by atoms with E-state index < -0.39 is 24.2 Å². The van der Waals surface area contributed by atoms with Crippen molar-refractivity contribution >= 4 is 16.9 Å². The quantitative estimate of drug-likeness (QED) is 0.457. The van der Waals surface area contributed by atoms with Crippen molar-refractivity contribution in [2.45, 2.75) is 24.7 Å². The van der Waals surface area contributed by atoms with Crippen molar-refractivity contribution in [3.05, 3.63) is 30.0 Å². The SMILES string of the molecule is Nc1nc(F)cc2c1ncn2[C@@H]1C=C(CCO)[C@@H](O)[C@H]1O. The maximum absolute atomic E-state index is 13.4. The summed E-state index contributed by atoms with van der Waals surface area (Å²) in [5.41, 5.74) is 6.88. The smallest absolute Gasteiger partial charge is 0.217 e. The summed E-state index contributed by atoms with van der Waals surface area (Å²) in [6.45, 7) is -0.126. The molecule has 3 rings (SSSR count). The van der Waals surface area contributed by atoms with Crippen LogP contribution < -0.4 is 5.73 Å². The fraction of sp³-hybridized carbons (Fsp3) is 0.385. The number of anilines is 1. The fourth-order valence-corrected chi connectivity index (χ4v) is 2.69. The molecule has 0 spiro atoms. The largest absolute Gasteiger partial charge is 0.396 e. The molecule has 5 N–H and O–H groups in total. The number of aromatic nitrogens is 3. The summed E-state index contributed by atoms with van der Waals surface area (Å²) < 4.78 is 15.0. The van der Waals surface area contributed by atoms with Crippen LogP contribution in [0.4, 0.5) is 10.2 Å². The Balaban J connectivity index is 2.09. The second kappa shape index (κ2) is 5.06. The van der Waals surface area contributed by atoms with Crippen molar-refractivity contribution in [2.75, 3.05) is 12.3 Å². The molecule has 0 unspecified atom stereocenters. The predicted molar refractivity (Wildman–Crippen MR) is 72.7 cm³/mol. The molecule has 8 heteroatoms. The summed E-state index contributed by atoms with van der Waals surface area (Å²) in [4.78, 5) is 7.57. The van der Waals surface area contributed by atoms with Crippen LogP contribution in [0.3, 0.4) is 0 Å². The first-order valence-electron chi connectivity index (χ1n) is 6.49. The average molecular weight is 294 g/mol. The summed E-state index contributed by atoms with van der Waals surface area (Å²) >= 11 is 0. The average Bonchev–Trinajstić information content (AvgIpc) is 2.96. The Morgan fingerprint density at radius 2 is 2.14 bits per heavy atom. The third kappa shape index (κ3) is 2.17. The van der Waals surface area contributed by atoms with Gasteiger partial charge in [-0.15, -0.1) is 0 Å². The molecule has 0 bridgehead atoms. The monoisotopic (exact) mass is 294 g/mol. The zero-order valence-electron chi connectivity index (χ0n) is 11.0. The molecular weight excluding hydrogens is 279 g/mol. The number of halogens is 1. The van der Waals surface area contributed by atoms with Gasteiger partial charge in [0.05, 0.1) is 17.9 Å². The number of imidazole rings is 1.